The first kappa shape index (κ1) is 22.0. The minimum absolute atomic E-state index is 0.395. The van der Waals surface area contributed by atoms with Crippen molar-refractivity contribution in [3.8, 4) is 11.1 Å². The van der Waals surface area contributed by atoms with E-state index in [1.165, 1.54) is 44.8 Å². The van der Waals surface area contributed by atoms with Gasteiger partial charge in [0.25, 0.3) is 0 Å². The second-order valence-electron chi connectivity index (χ2n) is 8.88. The maximum absolute atomic E-state index is 2.41. The van der Waals surface area contributed by atoms with Gasteiger partial charge >= 0.3 is 0 Å². The van der Waals surface area contributed by atoms with Crippen molar-refractivity contribution in [1.82, 2.24) is 0 Å². The van der Waals surface area contributed by atoms with E-state index < -0.39 is 0 Å². The molecule has 165 valence electrons. The van der Waals surface area contributed by atoms with Gasteiger partial charge in [-0.3, -0.25) is 0 Å². The van der Waals surface area contributed by atoms with Gasteiger partial charge in [0.05, 0.1) is 0 Å². The topological polar surface area (TPSA) is 3.24 Å². The van der Waals surface area contributed by atoms with Crippen LogP contribution in [0.1, 0.15) is 18.9 Å². The van der Waals surface area contributed by atoms with Crippen molar-refractivity contribution in [1.29, 1.82) is 0 Å². The molecule has 4 aromatic carbocycles. The van der Waals surface area contributed by atoms with Crippen LogP contribution in [0.3, 0.4) is 0 Å². The van der Waals surface area contributed by atoms with Crippen LogP contribution in [0.5, 0.6) is 0 Å². The van der Waals surface area contributed by atoms with E-state index in [0.717, 1.165) is 6.42 Å². The van der Waals surface area contributed by atoms with Crippen LogP contribution in [0, 0.1) is 5.92 Å². The van der Waals surface area contributed by atoms with E-state index in [4.69, 9.17) is 0 Å². The third-order valence-corrected chi connectivity index (χ3v) is 6.61. The van der Waals surface area contributed by atoms with Crippen LogP contribution < -0.4 is 10.4 Å². The predicted octanol–water partition coefficient (Wildman–Crippen LogP) is 7.88. The first-order valence-corrected chi connectivity index (χ1v) is 12.0. The fraction of sp³-hybridized carbons (Fsp3) is 0.125. The summed E-state index contributed by atoms with van der Waals surface area (Å²) in [6.07, 6.45) is 5.63. The molecule has 4 aromatic rings. The first-order chi connectivity index (χ1) is 16.7. The highest BCUT2D eigenvalue weighted by Crippen LogP contribution is 2.39. The molecule has 0 fully saturated rings. The highest BCUT2D eigenvalue weighted by Gasteiger charge is 2.23. The second-order valence-corrected chi connectivity index (χ2v) is 8.88. The lowest BCUT2D eigenvalue weighted by molar-refractivity contribution is 0.680. The fourth-order valence-electron chi connectivity index (χ4n) is 4.71. The number of nitrogens with zero attached hydrogens (tertiary/aromatic N) is 1. The van der Waals surface area contributed by atoms with E-state index in [1.807, 2.05) is 0 Å². The van der Waals surface area contributed by atoms with Gasteiger partial charge in [0.15, 0.2) is 0 Å². The Morgan fingerprint density at radius 2 is 1.15 bits per heavy atom. The highest BCUT2D eigenvalue weighted by atomic mass is 15.2. The Morgan fingerprint density at radius 3 is 1.71 bits per heavy atom. The number of hydrogen-bond donors (Lipinski definition) is 0. The van der Waals surface area contributed by atoms with E-state index in [9.17, 15) is 0 Å². The second kappa shape index (κ2) is 10.0. The molecule has 0 saturated carbocycles. The summed E-state index contributed by atoms with van der Waals surface area (Å²) in [4.78, 5) is 2.41. The van der Waals surface area contributed by atoms with E-state index in [1.54, 1.807) is 0 Å². The monoisotopic (exact) mass is 438 g/mol. The van der Waals surface area contributed by atoms with Gasteiger partial charge in [-0.1, -0.05) is 110 Å². The molecule has 0 bridgehead atoms. The van der Waals surface area contributed by atoms with Crippen molar-refractivity contribution in [3.63, 3.8) is 0 Å². The molecule has 1 aliphatic rings. The molecule has 1 aliphatic carbocycles. The third kappa shape index (κ3) is 4.63. The summed E-state index contributed by atoms with van der Waals surface area (Å²) in [5, 5.41) is 0. The van der Waals surface area contributed by atoms with Crippen LogP contribution in [-0.2, 0) is 0 Å². The molecule has 1 nitrogen and oxygen atoms in total. The Hall–Kier alpha value is -3.78. The van der Waals surface area contributed by atoms with Gasteiger partial charge in [-0.05, 0) is 59.0 Å². The molecule has 2 heteroatoms. The van der Waals surface area contributed by atoms with Crippen LogP contribution in [-0.4, -0.2) is 7.28 Å². The molecular formula is C32H29BN. The molecule has 1 radical (unpaired) electrons. The van der Waals surface area contributed by atoms with Gasteiger partial charge in [-0.25, -0.2) is 0 Å². The lowest BCUT2D eigenvalue weighted by Crippen LogP contribution is -2.24. The molecule has 0 aliphatic heterocycles. The SMILES string of the molecule is C[B]c1ccc(N(C2=CC=C(c3ccccc3)CC2C)c2ccc(-c3ccccc3)cc2)cc1. The van der Waals surface area contributed by atoms with Crippen molar-refractivity contribution in [3.05, 3.63) is 133 Å². The zero-order valence-corrected chi connectivity index (χ0v) is 19.9. The van der Waals surface area contributed by atoms with Crippen molar-refractivity contribution in [2.75, 3.05) is 4.90 Å². The molecule has 0 aromatic heterocycles. The molecule has 0 amide bonds. The molecule has 5 rings (SSSR count). The Bertz CT molecular complexity index is 1290. The van der Waals surface area contributed by atoms with E-state index in [2.05, 4.69) is 147 Å². The Kier molecular flexibility index (Phi) is 6.49. The Morgan fingerprint density at radius 1 is 0.618 bits per heavy atom. The molecule has 0 heterocycles. The van der Waals surface area contributed by atoms with Crippen LogP contribution in [0.2, 0.25) is 6.82 Å². The van der Waals surface area contributed by atoms with E-state index in [0.29, 0.717) is 5.92 Å². The molecule has 1 unspecified atom stereocenters. The summed E-state index contributed by atoms with van der Waals surface area (Å²) >= 11 is 0. The molecule has 0 saturated heterocycles. The van der Waals surface area contributed by atoms with Crippen LogP contribution in [0.25, 0.3) is 16.7 Å². The summed E-state index contributed by atoms with van der Waals surface area (Å²) < 4.78 is 0. The Balaban J connectivity index is 1.55. The van der Waals surface area contributed by atoms with Crippen molar-refractivity contribution < 1.29 is 0 Å². The van der Waals surface area contributed by atoms with E-state index in [-0.39, 0.29) is 0 Å². The normalized spacial score (nSPS) is 15.3. The third-order valence-electron chi connectivity index (χ3n) is 6.61. The average molecular weight is 438 g/mol. The largest absolute Gasteiger partial charge is 0.314 e. The lowest BCUT2D eigenvalue weighted by atomic mass is 9.73. The minimum Gasteiger partial charge on any atom is -0.314 e. The van der Waals surface area contributed by atoms with Gasteiger partial charge in [-0.15, -0.1) is 0 Å². The zero-order chi connectivity index (χ0) is 23.3. The molecule has 0 N–H and O–H groups in total. The van der Waals surface area contributed by atoms with Gasteiger partial charge in [0, 0.05) is 23.0 Å². The summed E-state index contributed by atoms with van der Waals surface area (Å²) in [6.45, 7) is 4.41. The van der Waals surface area contributed by atoms with Crippen molar-refractivity contribution >= 4 is 29.7 Å². The van der Waals surface area contributed by atoms with Crippen molar-refractivity contribution in [2.45, 2.75) is 20.2 Å². The Labute approximate surface area is 204 Å². The molecule has 0 spiro atoms. The fourth-order valence-corrected chi connectivity index (χ4v) is 4.71. The smallest absolute Gasteiger partial charge is 0.148 e. The lowest BCUT2D eigenvalue weighted by Gasteiger charge is -2.34. The van der Waals surface area contributed by atoms with Gasteiger partial charge in [0.2, 0.25) is 0 Å². The van der Waals surface area contributed by atoms with E-state index >= 15 is 0 Å². The van der Waals surface area contributed by atoms with Gasteiger partial charge in [0.1, 0.15) is 7.28 Å². The number of allylic oxidation sites excluding steroid dienone is 4. The van der Waals surface area contributed by atoms with Crippen LogP contribution in [0.4, 0.5) is 11.4 Å². The number of rotatable bonds is 6. The molecular weight excluding hydrogens is 409 g/mol. The summed E-state index contributed by atoms with van der Waals surface area (Å²) in [6, 6.07) is 39.1. The van der Waals surface area contributed by atoms with Crippen molar-refractivity contribution in [2.24, 2.45) is 5.92 Å². The maximum Gasteiger partial charge on any atom is 0.148 e. The maximum atomic E-state index is 2.41. The van der Waals surface area contributed by atoms with Crippen LogP contribution in [0.15, 0.2) is 127 Å². The summed E-state index contributed by atoms with van der Waals surface area (Å²) in [7, 11) is 2.14. The first-order valence-electron chi connectivity index (χ1n) is 12.0. The highest BCUT2D eigenvalue weighted by molar-refractivity contribution is 6.51. The molecule has 34 heavy (non-hydrogen) atoms. The number of hydrogen-bond acceptors (Lipinski definition) is 1. The van der Waals surface area contributed by atoms with Gasteiger partial charge in [-0.2, -0.15) is 0 Å². The minimum atomic E-state index is 0.395. The zero-order valence-electron chi connectivity index (χ0n) is 19.9. The standard InChI is InChI=1S/C32H29BN/c1-24-23-28(26-11-7-4-8-12-26)15-22-32(24)34(31-20-16-29(33-2)17-21-31)30-18-13-27(14-19-30)25-9-5-3-6-10-25/h3-22,24H,23H2,1-2H3. The van der Waals surface area contributed by atoms with Crippen LogP contribution >= 0.6 is 0 Å². The number of benzene rings is 4. The summed E-state index contributed by atoms with van der Waals surface area (Å²) in [5.74, 6) is 0.395. The number of anilines is 2. The quantitative estimate of drug-likeness (QED) is 0.277. The predicted molar refractivity (Wildman–Crippen MR) is 148 cm³/mol. The average Bonchev–Trinajstić information content (AvgIpc) is 2.91. The van der Waals surface area contributed by atoms with Gasteiger partial charge < -0.3 is 4.90 Å². The summed E-state index contributed by atoms with van der Waals surface area (Å²) in [5.41, 5.74) is 10.1. The molecule has 1 atom stereocenters.